The largest absolute Gasteiger partial charge is 0.493 e. The maximum absolute atomic E-state index is 5.75. The first-order chi connectivity index (χ1) is 12.2. The lowest BCUT2D eigenvalue weighted by molar-refractivity contribution is 0.292. The predicted molar refractivity (Wildman–Crippen MR) is 105 cm³/mol. The lowest BCUT2D eigenvalue weighted by Crippen LogP contribution is -2.01. The summed E-state index contributed by atoms with van der Waals surface area (Å²) >= 11 is 0. The molecular formula is C20H24ClN3O2. The number of aromatic nitrogens is 2. The Hall–Kier alpha value is -2.37. The summed E-state index contributed by atoms with van der Waals surface area (Å²) in [7, 11) is 0. The fraction of sp³-hybridized carbons (Fsp3) is 0.300. The van der Waals surface area contributed by atoms with Crippen molar-refractivity contribution in [2.24, 2.45) is 5.73 Å². The average molecular weight is 374 g/mol. The van der Waals surface area contributed by atoms with Crippen molar-refractivity contribution in [1.29, 1.82) is 0 Å². The van der Waals surface area contributed by atoms with Crippen molar-refractivity contribution in [2.45, 2.75) is 32.7 Å². The normalized spacial score (nSPS) is 10.6. The van der Waals surface area contributed by atoms with E-state index in [0.29, 0.717) is 37.2 Å². The van der Waals surface area contributed by atoms with Gasteiger partial charge >= 0.3 is 0 Å². The van der Waals surface area contributed by atoms with Gasteiger partial charge in [0.05, 0.1) is 13.0 Å². The van der Waals surface area contributed by atoms with Gasteiger partial charge in [-0.05, 0) is 29.2 Å². The van der Waals surface area contributed by atoms with Crippen LogP contribution in [0.2, 0.25) is 0 Å². The molecule has 138 valence electrons. The molecule has 0 aliphatic heterocycles. The van der Waals surface area contributed by atoms with Gasteiger partial charge < -0.3 is 15.0 Å². The van der Waals surface area contributed by atoms with Gasteiger partial charge in [0.2, 0.25) is 11.7 Å². The highest BCUT2D eigenvalue weighted by atomic mass is 35.5. The maximum Gasteiger partial charge on any atom is 0.230 e. The van der Waals surface area contributed by atoms with Gasteiger partial charge in [0.1, 0.15) is 5.75 Å². The van der Waals surface area contributed by atoms with Gasteiger partial charge in [0.15, 0.2) is 0 Å². The summed E-state index contributed by atoms with van der Waals surface area (Å²) in [4.78, 5) is 4.42. The smallest absolute Gasteiger partial charge is 0.230 e. The van der Waals surface area contributed by atoms with E-state index in [9.17, 15) is 0 Å². The SMILES string of the molecule is CC(C)c1ccc(OCCc2nc(-c3ccc(CN)cc3)no2)cc1.Cl. The van der Waals surface area contributed by atoms with Crippen molar-refractivity contribution in [3.05, 3.63) is 65.5 Å². The van der Waals surface area contributed by atoms with Crippen LogP contribution in [-0.2, 0) is 13.0 Å². The van der Waals surface area contributed by atoms with Crippen LogP contribution in [0.1, 0.15) is 36.8 Å². The van der Waals surface area contributed by atoms with Crippen LogP contribution < -0.4 is 10.5 Å². The highest BCUT2D eigenvalue weighted by Gasteiger charge is 2.09. The zero-order chi connectivity index (χ0) is 17.6. The van der Waals surface area contributed by atoms with E-state index in [4.69, 9.17) is 15.0 Å². The van der Waals surface area contributed by atoms with Crippen molar-refractivity contribution in [1.82, 2.24) is 10.1 Å². The molecule has 0 bridgehead atoms. The summed E-state index contributed by atoms with van der Waals surface area (Å²) in [5, 5.41) is 4.03. The van der Waals surface area contributed by atoms with Crippen LogP contribution >= 0.6 is 12.4 Å². The zero-order valence-corrected chi connectivity index (χ0v) is 15.8. The molecule has 0 aliphatic rings. The monoisotopic (exact) mass is 373 g/mol. The van der Waals surface area contributed by atoms with Crippen LogP contribution in [0.3, 0.4) is 0 Å². The lowest BCUT2D eigenvalue weighted by Gasteiger charge is -2.07. The summed E-state index contributed by atoms with van der Waals surface area (Å²) in [6.07, 6.45) is 0.569. The van der Waals surface area contributed by atoms with E-state index in [1.807, 2.05) is 36.4 Å². The standard InChI is InChI=1S/C20H23N3O2.ClH/c1-14(2)16-7-9-18(10-8-16)24-12-11-19-22-20(23-25-19)17-5-3-15(13-21)4-6-17;/h3-10,14H,11-13,21H2,1-2H3;1H. The molecule has 6 heteroatoms. The Kier molecular flexibility index (Phi) is 7.18. The molecule has 3 aromatic rings. The second kappa shape index (κ2) is 9.36. The second-order valence-electron chi connectivity index (χ2n) is 6.23. The molecule has 0 aliphatic carbocycles. The summed E-state index contributed by atoms with van der Waals surface area (Å²) in [5.74, 6) is 2.52. The number of hydrogen-bond donors (Lipinski definition) is 1. The molecule has 1 heterocycles. The minimum atomic E-state index is 0. The van der Waals surface area contributed by atoms with Gasteiger partial charge in [0.25, 0.3) is 0 Å². The Labute approximate surface area is 160 Å². The van der Waals surface area contributed by atoms with Crippen LogP contribution in [0.15, 0.2) is 53.1 Å². The number of nitrogens with two attached hydrogens (primary N) is 1. The first kappa shape index (κ1) is 19.9. The van der Waals surface area contributed by atoms with Gasteiger partial charge in [-0.15, -0.1) is 12.4 Å². The Morgan fingerprint density at radius 3 is 2.35 bits per heavy atom. The summed E-state index contributed by atoms with van der Waals surface area (Å²) in [6.45, 7) is 5.36. The van der Waals surface area contributed by atoms with Gasteiger partial charge in [-0.2, -0.15) is 4.98 Å². The minimum absolute atomic E-state index is 0. The molecule has 3 rings (SSSR count). The number of halogens is 1. The predicted octanol–water partition coefficient (Wildman–Crippen LogP) is 4.36. The molecule has 1 aromatic heterocycles. The van der Waals surface area contributed by atoms with Crippen LogP contribution in [0.25, 0.3) is 11.4 Å². The van der Waals surface area contributed by atoms with E-state index in [-0.39, 0.29) is 12.4 Å². The molecule has 0 saturated heterocycles. The van der Waals surface area contributed by atoms with E-state index < -0.39 is 0 Å². The summed E-state index contributed by atoms with van der Waals surface area (Å²) in [6, 6.07) is 16.0. The topological polar surface area (TPSA) is 74.2 Å². The first-order valence-electron chi connectivity index (χ1n) is 8.50. The van der Waals surface area contributed by atoms with Crippen molar-refractivity contribution in [3.8, 4) is 17.1 Å². The summed E-state index contributed by atoms with van der Waals surface area (Å²) in [5.41, 5.74) is 8.89. The van der Waals surface area contributed by atoms with Crippen LogP contribution in [0, 0.1) is 0 Å². The second-order valence-corrected chi connectivity index (χ2v) is 6.23. The van der Waals surface area contributed by atoms with Crippen LogP contribution in [0.5, 0.6) is 5.75 Å². The highest BCUT2D eigenvalue weighted by molar-refractivity contribution is 5.85. The molecule has 2 aromatic carbocycles. The van der Waals surface area contributed by atoms with Crippen LogP contribution in [0.4, 0.5) is 0 Å². The molecule has 5 nitrogen and oxygen atoms in total. The van der Waals surface area contributed by atoms with Gasteiger partial charge in [0, 0.05) is 12.1 Å². The number of rotatable bonds is 7. The molecule has 2 N–H and O–H groups in total. The molecule has 0 fully saturated rings. The van der Waals surface area contributed by atoms with E-state index in [1.165, 1.54) is 5.56 Å². The first-order valence-corrected chi connectivity index (χ1v) is 8.50. The fourth-order valence-corrected chi connectivity index (χ4v) is 2.47. The minimum Gasteiger partial charge on any atom is -0.493 e. The Morgan fingerprint density at radius 1 is 1.04 bits per heavy atom. The molecule has 0 amide bonds. The molecule has 0 radical (unpaired) electrons. The average Bonchev–Trinajstić information content (AvgIpc) is 3.11. The Morgan fingerprint density at radius 2 is 1.73 bits per heavy atom. The van der Waals surface area contributed by atoms with E-state index in [1.54, 1.807) is 0 Å². The van der Waals surface area contributed by atoms with Gasteiger partial charge in [-0.1, -0.05) is 55.4 Å². The Bertz CT molecular complexity index is 799. The van der Waals surface area contributed by atoms with Crippen molar-refractivity contribution in [3.63, 3.8) is 0 Å². The third kappa shape index (κ3) is 5.07. The number of hydrogen-bond acceptors (Lipinski definition) is 5. The molecule has 0 atom stereocenters. The highest BCUT2D eigenvalue weighted by Crippen LogP contribution is 2.19. The number of ether oxygens (including phenoxy) is 1. The number of nitrogens with zero attached hydrogens (tertiary/aromatic N) is 2. The van der Waals surface area contributed by atoms with Crippen LogP contribution in [-0.4, -0.2) is 16.7 Å². The third-order valence-electron chi connectivity index (χ3n) is 4.05. The molecule has 26 heavy (non-hydrogen) atoms. The maximum atomic E-state index is 5.75. The third-order valence-corrected chi connectivity index (χ3v) is 4.05. The molecular weight excluding hydrogens is 350 g/mol. The van der Waals surface area contributed by atoms with E-state index in [2.05, 4.69) is 36.1 Å². The molecule has 0 saturated carbocycles. The molecule has 0 spiro atoms. The van der Waals surface area contributed by atoms with E-state index in [0.717, 1.165) is 16.9 Å². The van der Waals surface area contributed by atoms with Crippen molar-refractivity contribution >= 4 is 12.4 Å². The number of benzene rings is 2. The van der Waals surface area contributed by atoms with E-state index >= 15 is 0 Å². The van der Waals surface area contributed by atoms with Crippen molar-refractivity contribution < 1.29 is 9.26 Å². The quantitative estimate of drug-likeness (QED) is 0.665. The lowest BCUT2D eigenvalue weighted by atomic mass is 10.0. The fourth-order valence-electron chi connectivity index (χ4n) is 2.47. The zero-order valence-electron chi connectivity index (χ0n) is 15.0. The molecule has 0 unspecified atom stereocenters. The van der Waals surface area contributed by atoms with Gasteiger partial charge in [-0.25, -0.2) is 0 Å². The van der Waals surface area contributed by atoms with Gasteiger partial charge in [-0.3, -0.25) is 0 Å². The Balaban J connectivity index is 0.00000243. The summed E-state index contributed by atoms with van der Waals surface area (Å²) < 4.78 is 11.0. The van der Waals surface area contributed by atoms with Crippen molar-refractivity contribution in [2.75, 3.05) is 6.61 Å².